The van der Waals surface area contributed by atoms with E-state index in [0.29, 0.717) is 6.42 Å². The fourth-order valence-electron chi connectivity index (χ4n) is 1.83. The lowest BCUT2D eigenvalue weighted by molar-refractivity contribution is -0.139. The molecule has 2 rings (SSSR count). The first-order chi connectivity index (χ1) is 8.75. The topological polar surface area (TPSA) is 78.0 Å². The van der Waals surface area contributed by atoms with Crippen LogP contribution in [0.5, 0.6) is 0 Å². The second-order valence-electron chi connectivity index (χ2n) is 4.19. The monoisotopic (exact) mass is 287 g/mol. The molecule has 0 unspecified atom stereocenters. The number of hydrogen-bond donors (Lipinski definition) is 3. The van der Waals surface area contributed by atoms with E-state index in [4.69, 9.17) is 0 Å². The van der Waals surface area contributed by atoms with Crippen molar-refractivity contribution in [2.45, 2.75) is 18.5 Å². The molecule has 0 aliphatic carbocycles. The number of carboxylic acids is 1. The van der Waals surface area contributed by atoms with Crippen molar-refractivity contribution in [3.8, 4) is 0 Å². The highest BCUT2D eigenvalue weighted by atomic mass is 32.2. The molecule has 0 aromatic carbocycles. The number of carbonyl (C=O) groups is 1. The van der Waals surface area contributed by atoms with Crippen molar-refractivity contribution in [2.24, 2.45) is 0 Å². The summed E-state index contributed by atoms with van der Waals surface area (Å²) in [4.78, 5) is 18.1. The predicted molar refractivity (Wildman–Crippen MR) is 75.3 cm³/mol. The van der Waals surface area contributed by atoms with Crippen molar-refractivity contribution in [1.29, 1.82) is 0 Å². The molecule has 100 valence electrons. The SMILES string of the molecule is O=C(O)[C@H](Cc1cnc[nH]1)NC1CSCCSC1. The number of aromatic nitrogens is 2. The van der Waals surface area contributed by atoms with Gasteiger partial charge in [0, 0.05) is 47.4 Å². The molecule has 5 nitrogen and oxygen atoms in total. The molecule has 2 heterocycles. The minimum Gasteiger partial charge on any atom is -0.480 e. The fraction of sp³-hybridized carbons (Fsp3) is 0.636. The van der Waals surface area contributed by atoms with Gasteiger partial charge < -0.3 is 10.1 Å². The average Bonchev–Trinajstić information content (AvgIpc) is 2.71. The van der Waals surface area contributed by atoms with Gasteiger partial charge >= 0.3 is 5.97 Å². The highest BCUT2D eigenvalue weighted by Gasteiger charge is 2.23. The number of H-pyrrole nitrogens is 1. The highest BCUT2D eigenvalue weighted by molar-refractivity contribution is 8.03. The number of aliphatic carboxylic acids is 1. The molecule has 3 N–H and O–H groups in total. The number of nitrogens with one attached hydrogen (secondary N) is 2. The van der Waals surface area contributed by atoms with Crippen LogP contribution in [0.25, 0.3) is 0 Å². The Kier molecular flexibility index (Phi) is 5.40. The maximum atomic E-state index is 11.3. The van der Waals surface area contributed by atoms with Crippen LogP contribution in [0, 0.1) is 0 Å². The second-order valence-corrected chi connectivity index (χ2v) is 6.48. The van der Waals surface area contributed by atoms with E-state index >= 15 is 0 Å². The summed E-state index contributed by atoms with van der Waals surface area (Å²) in [6.07, 6.45) is 3.70. The third kappa shape index (κ3) is 4.22. The third-order valence-electron chi connectivity index (χ3n) is 2.72. The maximum Gasteiger partial charge on any atom is 0.321 e. The molecule has 18 heavy (non-hydrogen) atoms. The molecular formula is C11H17N3O2S2. The van der Waals surface area contributed by atoms with E-state index in [-0.39, 0.29) is 6.04 Å². The van der Waals surface area contributed by atoms with Crippen LogP contribution in [0.3, 0.4) is 0 Å². The summed E-state index contributed by atoms with van der Waals surface area (Å²) in [6.45, 7) is 0. The van der Waals surface area contributed by atoms with Crippen molar-refractivity contribution in [3.63, 3.8) is 0 Å². The zero-order chi connectivity index (χ0) is 12.8. The smallest absolute Gasteiger partial charge is 0.321 e. The van der Waals surface area contributed by atoms with Gasteiger partial charge in [0.05, 0.1) is 6.33 Å². The molecule has 0 amide bonds. The summed E-state index contributed by atoms with van der Waals surface area (Å²) in [7, 11) is 0. The molecule has 0 radical (unpaired) electrons. The quantitative estimate of drug-likeness (QED) is 0.745. The Morgan fingerprint density at radius 3 is 2.83 bits per heavy atom. The normalized spacial score (nSPS) is 19.3. The molecule has 1 aromatic rings. The molecule has 1 aromatic heterocycles. The van der Waals surface area contributed by atoms with Gasteiger partial charge in [0.1, 0.15) is 6.04 Å². The van der Waals surface area contributed by atoms with Gasteiger partial charge in [-0.2, -0.15) is 23.5 Å². The van der Waals surface area contributed by atoms with E-state index in [2.05, 4.69) is 15.3 Å². The van der Waals surface area contributed by atoms with E-state index in [1.54, 1.807) is 12.5 Å². The number of carboxylic acid groups (broad SMARTS) is 1. The fourth-order valence-corrected chi connectivity index (χ4v) is 4.25. The molecule has 1 atom stereocenters. The first-order valence-electron chi connectivity index (χ1n) is 5.87. The highest BCUT2D eigenvalue weighted by Crippen LogP contribution is 2.17. The average molecular weight is 287 g/mol. The van der Waals surface area contributed by atoms with Gasteiger partial charge in [0.25, 0.3) is 0 Å². The summed E-state index contributed by atoms with van der Waals surface area (Å²) in [5.74, 6) is 3.48. The molecule has 1 fully saturated rings. The lowest BCUT2D eigenvalue weighted by Crippen LogP contribution is -2.46. The molecular weight excluding hydrogens is 270 g/mol. The minimum absolute atomic E-state index is 0.270. The molecule has 0 bridgehead atoms. The lowest BCUT2D eigenvalue weighted by atomic mass is 10.1. The van der Waals surface area contributed by atoms with Gasteiger partial charge in [-0.1, -0.05) is 0 Å². The summed E-state index contributed by atoms with van der Waals surface area (Å²) in [5.41, 5.74) is 0.851. The summed E-state index contributed by atoms with van der Waals surface area (Å²) >= 11 is 3.78. The molecule has 1 aliphatic heterocycles. The van der Waals surface area contributed by atoms with Gasteiger partial charge in [-0.25, -0.2) is 4.98 Å². The van der Waals surface area contributed by atoms with E-state index in [0.717, 1.165) is 28.7 Å². The Hall–Kier alpha value is -0.660. The predicted octanol–water partition coefficient (Wildman–Crippen LogP) is 0.844. The molecule has 1 aliphatic rings. The van der Waals surface area contributed by atoms with E-state index < -0.39 is 12.0 Å². The van der Waals surface area contributed by atoms with Crippen LogP contribution in [0.4, 0.5) is 0 Å². The zero-order valence-electron chi connectivity index (χ0n) is 9.96. The van der Waals surface area contributed by atoms with E-state index in [1.807, 2.05) is 23.5 Å². The van der Waals surface area contributed by atoms with E-state index in [9.17, 15) is 9.90 Å². The van der Waals surface area contributed by atoms with Crippen LogP contribution in [-0.4, -0.2) is 56.1 Å². The number of nitrogens with zero attached hydrogens (tertiary/aromatic N) is 1. The van der Waals surface area contributed by atoms with Gasteiger partial charge in [-0.3, -0.25) is 10.1 Å². The van der Waals surface area contributed by atoms with Gasteiger partial charge in [0.2, 0.25) is 0 Å². The number of rotatable bonds is 5. The molecule has 1 saturated heterocycles. The molecule has 7 heteroatoms. The van der Waals surface area contributed by atoms with Crippen molar-refractivity contribution < 1.29 is 9.90 Å². The molecule has 0 spiro atoms. The van der Waals surface area contributed by atoms with Crippen LogP contribution >= 0.6 is 23.5 Å². The number of hydrogen-bond acceptors (Lipinski definition) is 5. The minimum atomic E-state index is -0.802. The summed E-state index contributed by atoms with van der Waals surface area (Å²) < 4.78 is 0. The van der Waals surface area contributed by atoms with Crippen LogP contribution < -0.4 is 5.32 Å². The Morgan fingerprint density at radius 2 is 2.28 bits per heavy atom. The van der Waals surface area contributed by atoms with Crippen LogP contribution in [0.15, 0.2) is 12.5 Å². The van der Waals surface area contributed by atoms with Crippen LogP contribution in [0.2, 0.25) is 0 Å². The maximum absolute atomic E-state index is 11.3. The number of aromatic amines is 1. The Labute approximate surface area is 115 Å². The Morgan fingerprint density at radius 1 is 1.56 bits per heavy atom. The lowest BCUT2D eigenvalue weighted by Gasteiger charge is -2.21. The van der Waals surface area contributed by atoms with Crippen LogP contribution in [-0.2, 0) is 11.2 Å². The van der Waals surface area contributed by atoms with Crippen molar-refractivity contribution >= 4 is 29.5 Å². The molecule has 0 saturated carbocycles. The number of imidazole rings is 1. The van der Waals surface area contributed by atoms with Crippen molar-refractivity contribution in [1.82, 2.24) is 15.3 Å². The van der Waals surface area contributed by atoms with Gasteiger partial charge in [-0.15, -0.1) is 0 Å². The first-order valence-corrected chi connectivity index (χ1v) is 8.18. The summed E-state index contributed by atoms with van der Waals surface area (Å²) in [6, 6.07) is -0.277. The summed E-state index contributed by atoms with van der Waals surface area (Å²) in [5, 5.41) is 12.5. The van der Waals surface area contributed by atoms with E-state index in [1.165, 1.54) is 0 Å². The Balaban J connectivity index is 1.90. The standard InChI is InChI=1S/C11H17N3O2S2/c15-11(16)10(3-8-4-12-7-13-8)14-9-5-17-1-2-18-6-9/h4,7,9-10,14H,1-3,5-6H2,(H,12,13)(H,15,16)/t10-/m0/s1. The number of thioether (sulfide) groups is 2. The second kappa shape index (κ2) is 7.06. The van der Waals surface area contributed by atoms with Gasteiger partial charge in [-0.05, 0) is 0 Å². The first kappa shape index (κ1) is 13.8. The van der Waals surface area contributed by atoms with Gasteiger partial charge in [0.15, 0.2) is 0 Å². The van der Waals surface area contributed by atoms with Crippen molar-refractivity contribution in [2.75, 3.05) is 23.0 Å². The Bertz CT molecular complexity index is 364. The largest absolute Gasteiger partial charge is 0.480 e. The third-order valence-corrected chi connectivity index (χ3v) is 5.24. The van der Waals surface area contributed by atoms with Crippen LogP contribution in [0.1, 0.15) is 5.69 Å². The van der Waals surface area contributed by atoms with Crippen molar-refractivity contribution in [3.05, 3.63) is 18.2 Å². The zero-order valence-corrected chi connectivity index (χ0v) is 11.6.